The third-order valence-corrected chi connectivity index (χ3v) is 6.87. The van der Waals surface area contributed by atoms with Gasteiger partial charge in [-0.1, -0.05) is 44.9 Å². The van der Waals surface area contributed by atoms with E-state index >= 15 is 0 Å². The van der Waals surface area contributed by atoms with Crippen molar-refractivity contribution in [2.24, 2.45) is 0 Å². The molecule has 3 aromatic heterocycles. The van der Waals surface area contributed by atoms with Crippen LogP contribution in [0.25, 0.3) is 21.2 Å². The van der Waals surface area contributed by atoms with Gasteiger partial charge >= 0.3 is 0 Å². The van der Waals surface area contributed by atoms with Crippen molar-refractivity contribution in [3.05, 3.63) is 86.8 Å². The molecule has 0 spiro atoms. The summed E-state index contributed by atoms with van der Waals surface area (Å²) in [5.41, 5.74) is 5.11. The summed E-state index contributed by atoms with van der Waals surface area (Å²) in [6, 6.07) is 13.1. The number of hydrogen-bond donors (Lipinski definition) is 0. The molecule has 1 aliphatic rings. The minimum atomic E-state index is -0.280. The number of rotatable bonds is 4. The molecule has 8 heteroatoms. The van der Waals surface area contributed by atoms with E-state index in [1.54, 1.807) is 22.1 Å². The maximum Gasteiger partial charge on any atom is 0.129 e. The lowest BCUT2D eigenvalue weighted by Gasteiger charge is -2.18. The van der Waals surface area contributed by atoms with Gasteiger partial charge in [-0.3, -0.25) is 4.98 Å². The first-order valence-electron chi connectivity index (χ1n) is 9.36. The number of thiophene rings is 1. The molecule has 0 radical (unpaired) electrons. The molecule has 0 atom stereocenters. The number of nitrogens with zero attached hydrogens (tertiary/aromatic N) is 4. The Morgan fingerprint density at radius 2 is 2.03 bits per heavy atom. The fourth-order valence-electron chi connectivity index (χ4n) is 3.55. The van der Waals surface area contributed by atoms with Crippen LogP contribution in [-0.4, -0.2) is 20.0 Å². The predicted octanol–water partition coefficient (Wildman–Crippen LogP) is 6.40. The molecule has 0 amide bonds. The molecule has 4 nitrogen and oxygen atoms in total. The van der Waals surface area contributed by atoms with E-state index in [-0.39, 0.29) is 5.82 Å². The Hall–Kier alpha value is -2.35. The molecule has 150 valence electrons. The summed E-state index contributed by atoms with van der Waals surface area (Å²) < 4.78 is 16.5. The Labute approximate surface area is 190 Å². The standard InChI is InChI=1S/C22H15BrClFN4S/c23-14-4-3-13(17(25)10-14)11-29-12-20(27-28-29)16-5-7-18-15(22(16)24)6-8-19(26-18)21-2-1-9-30-21/h1-4,6,8-10,12H,5,7,11H2. The third-order valence-electron chi connectivity index (χ3n) is 5.06. The highest BCUT2D eigenvalue weighted by Crippen LogP contribution is 2.39. The van der Waals surface area contributed by atoms with E-state index in [1.165, 1.54) is 6.07 Å². The summed E-state index contributed by atoms with van der Waals surface area (Å²) in [6.07, 6.45) is 3.34. The summed E-state index contributed by atoms with van der Waals surface area (Å²) in [6.45, 7) is 0.305. The Balaban J connectivity index is 1.43. The lowest BCUT2D eigenvalue weighted by atomic mass is 9.94. The molecule has 0 saturated carbocycles. The van der Waals surface area contributed by atoms with E-state index in [0.717, 1.165) is 40.2 Å². The number of benzene rings is 1. The monoisotopic (exact) mass is 500 g/mol. The molecule has 0 N–H and O–H groups in total. The molecule has 1 aromatic carbocycles. The number of hydrogen-bond acceptors (Lipinski definition) is 4. The summed E-state index contributed by atoms with van der Waals surface area (Å²) >= 11 is 11.7. The maximum atomic E-state index is 14.1. The van der Waals surface area contributed by atoms with Gasteiger partial charge in [0.05, 0.1) is 34.0 Å². The summed E-state index contributed by atoms with van der Waals surface area (Å²) in [4.78, 5) is 5.96. The van der Waals surface area contributed by atoms with E-state index in [0.29, 0.717) is 27.3 Å². The molecule has 1 aliphatic carbocycles. The first kappa shape index (κ1) is 19.6. The highest BCUT2D eigenvalue weighted by Gasteiger charge is 2.22. The van der Waals surface area contributed by atoms with E-state index in [4.69, 9.17) is 16.6 Å². The number of pyridine rings is 1. The zero-order chi connectivity index (χ0) is 20.7. The SMILES string of the molecule is Fc1cc(Br)ccc1Cn1cc(C2=C(Cl)c3ccc(-c4cccs4)nc3CC2)nn1. The van der Waals surface area contributed by atoms with Gasteiger partial charge in [-0.25, -0.2) is 9.07 Å². The summed E-state index contributed by atoms with van der Waals surface area (Å²) in [5, 5.41) is 11.2. The highest BCUT2D eigenvalue weighted by atomic mass is 79.9. The van der Waals surface area contributed by atoms with Gasteiger partial charge < -0.3 is 0 Å². The van der Waals surface area contributed by atoms with Crippen LogP contribution in [0.5, 0.6) is 0 Å². The Kier molecular flexibility index (Phi) is 5.26. The second kappa shape index (κ2) is 8.06. The van der Waals surface area contributed by atoms with Gasteiger partial charge in [0.25, 0.3) is 0 Å². The lowest BCUT2D eigenvalue weighted by molar-refractivity contribution is 0.576. The van der Waals surface area contributed by atoms with Gasteiger partial charge in [-0.2, -0.15) is 0 Å². The van der Waals surface area contributed by atoms with E-state index in [9.17, 15) is 4.39 Å². The maximum absolute atomic E-state index is 14.1. The van der Waals surface area contributed by atoms with Gasteiger partial charge in [0, 0.05) is 21.2 Å². The van der Waals surface area contributed by atoms with Crippen LogP contribution in [0.15, 0.2) is 58.5 Å². The van der Waals surface area contributed by atoms with Crippen LogP contribution in [-0.2, 0) is 13.0 Å². The van der Waals surface area contributed by atoms with Crippen molar-refractivity contribution < 1.29 is 4.39 Å². The number of allylic oxidation sites excluding steroid dienone is 1. The van der Waals surface area contributed by atoms with Crippen molar-refractivity contribution in [2.75, 3.05) is 0 Å². The molecule has 4 aromatic rings. The van der Waals surface area contributed by atoms with Crippen LogP contribution in [0, 0.1) is 5.82 Å². The average molecular weight is 502 g/mol. The van der Waals surface area contributed by atoms with Crippen molar-refractivity contribution in [2.45, 2.75) is 19.4 Å². The first-order chi connectivity index (χ1) is 14.6. The number of aromatic nitrogens is 4. The van der Waals surface area contributed by atoms with E-state index < -0.39 is 0 Å². The number of fused-ring (bicyclic) bond motifs is 1. The van der Waals surface area contributed by atoms with E-state index in [2.05, 4.69) is 32.3 Å². The second-order valence-corrected chi connectivity index (χ2v) is 9.24. The van der Waals surface area contributed by atoms with Crippen molar-refractivity contribution in [1.29, 1.82) is 0 Å². The van der Waals surface area contributed by atoms with Crippen molar-refractivity contribution >= 4 is 49.5 Å². The zero-order valence-corrected chi connectivity index (χ0v) is 18.8. The van der Waals surface area contributed by atoms with Crippen LogP contribution >= 0.6 is 38.9 Å². The van der Waals surface area contributed by atoms with Crippen molar-refractivity contribution in [3.8, 4) is 10.6 Å². The largest absolute Gasteiger partial charge is 0.251 e. The molecule has 0 fully saturated rings. The molecule has 0 bridgehead atoms. The smallest absolute Gasteiger partial charge is 0.129 e. The molecule has 3 heterocycles. The second-order valence-electron chi connectivity index (χ2n) is 7.00. The van der Waals surface area contributed by atoms with Crippen LogP contribution in [0.3, 0.4) is 0 Å². The number of halogens is 3. The molecule has 0 saturated heterocycles. The van der Waals surface area contributed by atoms with Crippen molar-refractivity contribution in [3.63, 3.8) is 0 Å². The highest BCUT2D eigenvalue weighted by molar-refractivity contribution is 9.10. The minimum absolute atomic E-state index is 0.280. The average Bonchev–Trinajstić information content (AvgIpc) is 3.43. The normalized spacial score (nSPS) is 13.6. The Morgan fingerprint density at radius 3 is 2.83 bits per heavy atom. The number of aryl methyl sites for hydroxylation is 1. The molecular weight excluding hydrogens is 487 g/mol. The molecule has 0 unspecified atom stereocenters. The molecule has 0 aliphatic heterocycles. The van der Waals surface area contributed by atoms with Gasteiger partial charge in [0.1, 0.15) is 11.5 Å². The third kappa shape index (κ3) is 3.73. The predicted molar refractivity (Wildman–Crippen MR) is 122 cm³/mol. The van der Waals surface area contributed by atoms with Crippen molar-refractivity contribution in [1.82, 2.24) is 20.0 Å². The Morgan fingerprint density at radius 1 is 1.13 bits per heavy atom. The van der Waals surface area contributed by atoms with Crippen LogP contribution < -0.4 is 0 Å². The van der Waals surface area contributed by atoms with E-state index in [1.807, 2.05) is 35.8 Å². The quantitative estimate of drug-likeness (QED) is 0.325. The minimum Gasteiger partial charge on any atom is -0.251 e. The summed E-state index contributed by atoms with van der Waals surface area (Å²) in [5.74, 6) is -0.280. The molecule has 30 heavy (non-hydrogen) atoms. The summed E-state index contributed by atoms with van der Waals surface area (Å²) in [7, 11) is 0. The van der Waals surface area contributed by atoms with Crippen LogP contribution in [0.4, 0.5) is 4.39 Å². The van der Waals surface area contributed by atoms with Crippen LogP contribution in [0.1, 0.15) is 28.9 Å². The fraction of sp³-hybridized carbons (Fsp3) is 0.136. The molecular formula is C22H15BrClFN4S. The van der Waals surface area contributed by atoms with Crippen LogP contribution in [0.2, 0.25) is 0 Å². The van der Waals surface area contributed by atoms with Gasteiger partial charge in [0.2, 0.25) is 0 Å². The van der Waals surface area contributed by atoms with Gasteiger partial charge in [-0.05, 0) is 48.6 Å². The van der Waals surface area contributed by atoms with Gasteiger partial charge in [0.15, 0.2) is 0 Å². The zero-order valence-electron chi connectivity index (χ0n) is 15.6. The fourth-order valence-corrected chi connectivity index (χ4v) is 4.94. The topological polar surface area (TPSA) is 43.6 Å². The lowest BCUT2D eigenvalue weighted by Crippen LogP contribution is -2.05. The molecule has 5 rings (SSSR count). The first-order valence-corrected chi connectivity index (χ1v) is 11.4. The van der Waals surface area contributed by atoms with Gasteiger partial charge in [-0.15, -0.1) is 16.4 Å². The Bertz CT molecular complexity index is 1270.